The number of carbonyl (C=O) groups excluding carboxylic acids is 1. The molecule has 0 saturated carbocycles. The monoisotopic (exact) mass is 486 g/mol. The van der Waals surface area contributed by atoms with Gasteiger partial charge in [0.15, 0.2) is 0 Å². The molecule has 0 radical (unpaired) electrons. The van der Waals surface area contributed by atoms with E-state index in [4.69, 9.17) is 4.74 Å². The fourth-order valence-electron chi connectivity index (χ4n) is 4.86. The summed E-state index contributed by atoms with van der Waals surface area (Å²) in [7, 11) is 0. The lowest BCUT2D eigenvalue weighted by Gasteiger charge is -2.39. The summed E-state index contributed by atoms with van der Waals surface area (Å²) in [5.41, 5.74) is 5.48. The molecule has 0 spiro atoms. The van der Waals surface area contributed by atoms with Gasteiger partial charge in [-0.3, -0.25) is 14.7 Å². The smallest absolute Gasteiger partial charge is 0.253 e. The Morgan fingerprint density at radius 3 is 2.19 bits per heavy atom. The molecule has 1 aliphatic rings. The van der Waals surface area contributed by atoms with Crippen molar-refractivity contribution in [3.8, 4) is 16.9 Å². The van der Waals surface area contributed by atoms with Crippen LogP contribution in [0.5, 0.6) is 5.75 Å². The maximum Gasteiger partial charge on any atom is 0.253 e. The van der Waals surface area contributed by atoms with E-state index in [1.807, 2.05) is 50.1 Å². The molecule has 2 heterocycles. The number of hydrogen-bond acceptors (Lipinski definition) is 5. The average Bonchev–Trinajstić information content (AvgIpc) is 2.94. The molecule has 0 aliphatic carbocycles. The molecule has 6 heteroatoms. The number of carbonyl (C=O) groups is 1. The van der Waals surface area contributed by atoms with E-state index in [1.54, 1.807) is 6.20 Å². The minimum Gasteiger partial charge on any atom is -0.492 e. The second-order valence-corrected chi connectivity index (χ2v) is 9.19. The molecule has 1 aromatic heterocycles. The number of benzene rings is 2. The fraction of sp³-hybridized carbons (Fsp3) is 0.400. The third-order valence-corrected chi connectivity index (χ3v) is 7.14. The highest BCUT2D eigenvalue weighted by molar-refractivity contribution is 5.94. The Kier molecular flexibility index (Phi) is 8.60. The Hall–Kier alpha value is -3.38. The van der Waals surface area contributed by atoms with Gasteiger partial charge in [-0.1, -0.05) is 24.3 Å². The van der Waals surface area contributed by atoms with E-state index in [-0.39, 0.29) is 5.91 Å². The Morgan fingerprint density at radius 2 is 1.58 bits per heavy atom. The fourth-order valence-corrected chi connectivity index (χ4v) is 4.86. The van der Waals surface area contributed by atoms with Gasteiger partial charge in [0.2, 0.25) is 0 Å². The highest BCUT2D eigenvalue weighted by Gasteiger charge is 2.23. The van der Waals surface area contributed by atoms with Gasteiger partial charge >= 0.3 is 0 Å². The van der Waals surface area contributed by atoms with Crippen molar-refractivity contribution < 1.29 is 9.53 Å². The summed E-state index contributed by atoms with van der Waals surface area (Å²) in [6.07, 6.45) is 3.63. The van der Waals surface area contributed by atoms with Crippen molar-refractivity contribution in [2.24, 2.45) is 0 Å². The van der Waals surface area contributed by atoms with E-state index in [0.29, 0.717) is 12.6 Å². The van der Waals surface area contributed by atoms with E-state index in [2.05, 4.69) is 58.1 Å². The van der Waals surface area contributed by atoms with Crippen molar-refractivity contribution in [3.63, 3.8) is 0 Å². The first-order chi connectivity index (χ1) is 17.5. The average molecular weight is 487 g/mol. The van der Waals surface area contributed by atoms with Crippen molar-refractivity contribution in [2.75, 3.05) is 50.8 Å². The molecule has 1 fully saturated rings. The van der Waals surface area contributed by atoms with Crippen molar-refractivity contribution in [1.82, 2.24) is 14.8 Å². The lowest BCUT2D eigenvalue weighted by Crippen LogP contribution is -2.47. The Labute approximate surface area is 215 Å². The Morgan fingerprint density at radius 1 is 0.917 bits per heavy atom. The number of ether oxygens (including phenoxy) is 1. The Bertz CT molecular complexity index is 1120. The molecule has 2 aromatic carbocycles. The minimum absolute atomic E-state index is 0.106. The Balaban J connectivity index is 1.34. The molecule has 1 amide bonds. The van der Waals surface area contributed by atoms with E-state index < -0.39 is 0 Å². The number of piperazine rings is 1. The van der Waals surface area contributed by atoms with Gasteiger partial charge in [-0.15, -0.1) is 0 Å². The lowest BCUT2D eigenvalue weighted by atomic mass is 10.0. The standard InChI is InChI=1S/C30H38N4O2/c1-5-32(6-2)30(35)26-12-14-28(15-13-26)34-18-16-33(17-19-34)23(4)24-8-10-25(11-9-24)27-20-29(36-7-3)22-31-21-27/h8-15,20-23H,5-7,16-19H2,1-4H3. The third kappa shape index (κ3) is 5.88. The van der Waals surface area contributed by atoms with Gasteiger partial charge < -0.3 is 14.5 Å². The highest BCUT2D eigenvalue weighted by Crippen LogP contribution is 2.28. The summed E-state index contributed by atoms with van der Waals surface area (Å²) >= 11 is 0. The molecule has 3 aromatic rings. The van der Waals surface area contributed by atoms with Crippen LogP contribution in [0.3, 0.4) is 0 Å². The minimum atomic E-state index is 0.106. The van der Waals surface area contributed by atoms with Gasteiger partial charge in [0.1, 0.15) is 5.75 Å². The number of rotatable bonds is 9. The third-order valence-electron chi connectivity index (χ3n) is 7.14. The van der Waals surface area contributed by atoms with E-state index in [9.17, 15) is 4.79 Å². The quantitative estimate of drug-likeness (QED) is 0.399. The van der Waals surface area contributed by atoms with Crippen LogP contribution in [-0.4, -0.2) is 66.6 Å². The van der Waals surface area contributed by atoms with Gasteiger partial charge in [0.25, 0.3) is 5.91 Å². The predicted octanol–water partition coefficient (Wildman–Crippen LogP) is 5.51. The zero-order chi connectivity index (χ0) is 25.5. The maximum absolute atomic E-state index is 12.6. The van der Waals surface area contributed by atoms with Crippen LogP contribution in [0.1, 0.15) is 49.7 Å². The summed E-state index contributed by atoms with van der Waals surface area (Å²) in [5, 5.41) is 0. The maximum atomic E-state index is 12.6. The van der Waals surface area contributed by atoms with Gasteiger partial charge in [0, 0.05) is 68.3 Å². The summed E-state index contributed by atoms with van der Waals surface area (Å²) in [6, 6.07) is 19.3. The van der Waals surface area contributed by atoms with Crippen LogP contribution in [0.4, 0.5) is 5.69 Å². The molecule has 0 N–H and O–H groups in total. The number of amides is 1. The van der Waals surface area contributed by atoms with Crippen LogP contribution in [0.25, 0.3) is 11.1 Å². The molecule has 1 aliphatic heterocycles. The topological polar surface area (TPSA) is 48.9 Å². The summed E-state index contributed by atoms with van der Waals surface area (Å²) in [5.74, 6) is 0.907. The second kappa shape index (κ2) is 12.0. The molecular weight excluding hydrogens is 448 g/mol. The molecule has 36 heavy (non-hydrogen) atoms. The summed E-state index contributed by atoms with van der Waals surface area (Å²) in [4.78, 5) is 23.7. The number of anilines is 1. The molecule has 1 atom stereocenters. The van der Waals surface area contributed by atoms with Crippen molar-refractivity contribution in [2.45, 2.75) is 33.7 Å². The highest BCUT2D eigenvalue weighted by atomic mass is 16.5. The molecule has 0 bridgehead atoms. The van der Waals surface area contributed by atoms with Gasteiger partial charge in [-0.05, 0) is 69.2 Å². The SMILES string of the molecule is CCOc1cncc(-c2ccc(C(C)N3CCN(c4ccc(C(=O)N(CC)CC)cc4)CC3)cc2)c1. The van der Waals surface area contributed by atoms with Gasteiger partial charge in [-0.2, -0.15) is 0 Å². The second-order valence-electron chi connectivity index (χ2n) is 9.19. The van der Waals surface area contributed by atoms with Crippen molar-refractivity contribution in [1.29, 1.82) is 0 Å². The van der Waals surface area contributed by atoms with E-state index >= 15 is 0 Å². The van der Waals surface area contributed by atoms with Gasteiger partial charge in [0.05, 0.1) is 12.8 Å². The largest absolute Gasteiger partial charge is 0.492 e. The number of aromatic nitrogens is 1. The first kappa shape index (κ1) is 25.7. The molecule has 190 valence electrons. The zero-order valence-electron chi connectivity index (χ0n) is 22.0. The summed E-state index contributed by atoms with van der Waals surface area (Å²) in [6.45, 7) is 14.4. The number of nitrogens with zero attached hydrogens (tertiary/aromatic N) is 4. The van der Waals surface area contributed by atoms with Crippen LogP contribution >= 0.6 is 0 Å². The zero-order valence-corrected chi connectivity index (χ0v) is 22.0. The molecule has 1 unspecified atom stereocenters. The summed E-state index contributed by atoms with van der Waals surface area (Å²) < 4.78 is 5.59. The van der Waals surface area contributed by atoms with Crippen LogP contribution in [-0.2, 0) is 0 Å². The van der Waals surface area contributed by atoms with Crippen molar-refractivity contribution >= 4 is 11.6 Å². The van der Waals surface area contributed by atoms with Crippen LogP contribution < -0.4 is 9.64 Å². The number of pyridine rings is 1. The number of hydrogen-bond donors (Lipinski definition) is 0. The van der Waals surface area contributed by atoms with Gasteiger partial charge in [-0.25, -0.2) is 0 Å². The molecule has 1 saturated heterocycles. The molecule has 6 nitrogen and oxygen atoms in total. The first-order valence-electron chi connectivity index (χ1n) is 13.1. The van der Waals surface area contributed by atoms with Crippen LogP contribution in [0, 0.1) is 0 Å². The van der Waals surface area contributed by atoms with E-state index in [0.717, 1.165) is 61.7 Å². The lowest BCUT2D eigenvalue weighted by molar-refractivity contribution is 0.0773. The van der Waals surface area contributed by atoms with E-state index in [1.165, 1.54) is 11.3 Å². The van der Waals surface area contributed by atoms with Crippen LogP contribution in [0.2, 0.25) is 0 Å². The molecular formula is C30H38N4O2. The van der Waals surface area contributed by atoms with Crippen molar-refractivity contribution in [3.05, 3.63) is 78.1 Å². The first-order valence-corrected chi connectivity index (χ1v) is 13.1. The predicted molar refractivity (Wildman–Crippen MR) is 147 cm³/mol. The normalized spacial score (nSPS) is 14.9. The molecule has 4 rings (SSSR count). The van der Waals surface area contributed by atoms with Crippen LogP contribution in [0.15, 0.2) is 67.0 Å².